The standard InChI is InChI=1S/C17H19N3O4/c1-17(11-21)7-3-9-19(10-17)16(22)13-5-6-14(20(23)24)12-4-2-8-18-15(12)13/h2,4-6,8,21H,3,7,9-11H2,1H3. The molecule has 0 spiro atoms. The maximum absolute atomic E-state index is 12.9. The molecule has 24 heavy (non-hydrogen) atoms. The predicted molar refractivity (Wildman–Crippen MR) is 88.7 cm³/mol. The molecule has 1 atom stereocenters. The first kappa shape index (κ1) is 16.3. The Hall–Kier alpha value is -2.54. The predicted octanol–water partition coefficient (Wildman–Crippen LogP) is 2.38. The maximum atomic E-state index is 12.9. The van der Waals surface area contributed by atoms with Crippen molar-refractivity contribution in [3.63, 3.8) is 0 Å². The van der Waals surface area contributed by atoms with Gasteiger partial charge in [-0.3, -0.25) is 19.9 Å². The van der Waals surface area contributed by atoms with Gasteiger partial charge in [-0.25, -0.2) is 0 Å². The fraction of sp³-hybridized carbons (Fsp3) is 0.412. The third-order valence-electron chi connectivity index (χ3n) is 4.62. The van der Waals surface area contributed by atoms with E-state index in [9.17, 15) is 20.0 Å². The number of aliphatic hydroxyl groups excluding tert-OH is 1. The van der Waals surface area contributed by atoms with Crippen LogP contribution in [0.1, 0.15) is 30.1 Å². The number of nitro benzene ring substituents is 1. The normalized spacial score (nSPS) is 21.0. The summed E-state index contributed by atoms with van der Waals surface area (Å²) in [6.45, 7) is 3.06. The summed E-state index contributed by atoms with van der Waals surface area (Å²) in [4.78, 5) is 29.5. The Labute approximate surface area is 139 Å². The number of hydrogen-bond acceptors (Lipinski definition) is 5. The summed E-state index contributed by atoms with van der Waals surface area (Å²) in [5.74, 6) is -0.201. The first-order valence-corrected chi connectivity index (χ1v) is 7.87. The van der Waals surface area contributed by atoms with Crippen LogP contribution in [0.4, 0.5) is 5.69 Å². The molecule has 0 saturated carbocycles. The number of likely N-dealkylation sites (tertiary alicyclic amines) is 1. The number of aliphatic hydroxyl groups is 1. The molecule has 1 aromatic carbocycles. The average Bonchev–Trinajstić information content (AvgIpc) is 2.60. The van der Waals surface area contributed by atoms with E-state index in [1.165, 1.54) is 18.3 Å². The van der Waals surface area contributed by atoms with E-state index in [0.717, 1.165) is 12.8 Å². The Kier molecular flexibility index (Phi) is 4.19. The molecule has 2 heterocycles. The van der Waals surface area contributed by atoms with Gasteiger partial charge in [-0.15, -0.1) is 0 Å². The molecule has 126 valence electrons. The van der Waals surface area contributed by atoms with Crippen LogP contribution >= 0.6 is 0 Å². The zero-order chi connectivity index (χ0) is 17.3. The molecule has 0 aliphatic carbocycles. The van der Waals surface area contributed by atoms with E-state index < -0.39 is 4.92 Å². The Morgan fingerprint density at radius 1 is 1.46 bits per heavy atom. The van der Waals surface area contributed by atoms with Gasteiger partial charge >= 0.3 is 0 Å². The van der Waals surface area contributed by atoms with Crippen LogP contribution in [0.25, 0.3) is 10.9 Å². The van der Waals surface area contributed by atoms with Gasteiger partial charge in [0.15, 0.2) is 0 Å². The van der Waals surface area contributed by atoms with Crippen LogP contribution < -0.4 is 0 Å². The summed E-state index contributed by atoms with van der Waals surface area (Å²) in [5, 5.41) is 21.1. The number of piperidine rings is 1. The number of nitro groups is 1. The van der Waals surface area contributed by atoms with Gasteiger partial charge in [0.2, 0.25) is 0 Å². The smallest absolute Gasteiger partial charge is 0.278 e. The molecule has 7 heteroatoms. The molecule has 1 saturated heterocycles. The van der Waals surface area contributed by atoms with Gasteiger partial charge in [0.1, 0.15) is 0 Å². The number of carbonyl (C=O) groups is 1. The summed E-state index contributed by atoms with van der Waals surface area (Å²) >= 11 is 0. The largest absolute Gasteiger partial charge is 0.396 e. The van der Waals surface area contributed by atoms with E-state index in [0.29, 0.717) is 29.6 Å². The van der Waals surface area contributed by atoms with E-state index >= 15 is 0 Å². The summed E-state index contributed by atoms with van der Waals surface area (Å²) in [6, 6.07) is 6.05. The zero-order valence-corrected chi connectivity index (χ0v) is 13.4. The fourth-order valence-electron chi connectivity index (χ4n) is 3.28. The number of rotatable bonds is 3. The molecular weight excluding hydrogens is 310 g/mol. The van der Waals surface area contributed by atoms with E-state index in [2.05, 4.69) is 4.98 Å². The van der Waals surface area contributed by atoms with Crippen molar-refractivity contribution in [1.29, 1.82) is 0 Å². The Bertz CT molecular complexity index is 808. The lowest BCUT2D eigenvalue weighted by molar-refractivity contribution is -0.383. The summed E-state index contributed by atoms with van der Waals surface area (Å²) < 4.78 is 0. The first-order chi connectivity index (χ1) is 11.4. The van der Waals surface area contributed by atoms with Crippen LogP contribution in [-0.2, 0) is 0 Å². The van der Waals surface area contributed by atoms with E-state index in [-0.39, 0.29) is 23.6 Å². The van der Waals surface area contributed by atoms with Crippen molar-refractivity contribution in [3.05, 3.63) is 46.1 Å². The van der Waals surface area contributed by atoms with Crippen molar-refractivity contribution in [2.24, 2.45) is 5.41 Å². The fourth-order valence-corrected chi connectivity index (χ4v) is 3.28. The molecule has 7 nitrogen and oxygen atoms in total. The highest BCUT2D eigenvalue weighted by Crippen LogP contribution is 2.32. The molecule has 0 radical (unpaired) electrons. The Balaban J connectivity index is 2.02. The highest BCUT2D eigenvalue weighted by atomic mass is 16.6. The number of pyridine rings is 1. The number of fused-ring (bicyclic) bond motifs is 1. The Morgan fingerprint density at radius 3 is 2.96 bits per heavy atom. The van der Waals surface area contributed by atoms with Gasteiger partial charge in [-0.2, -0.15) is 0 Å². The number of aromatic nitrogens is 1. The van der Waals surface area contributed by atoms with Crippen LogP contribution in [0.2, 0.25) is 0 Å². The van der Waals surface area contributed by atoms with Gasteiger partial charge in [0.05, 0.1) is 28.0 Å². The van der Waals surface area contributed by atoms with Crippen molar-refractivity contribution >= 4 is 22.5 Å². The minimum atomic E-state index is -0.470. The van der Waals surface area contributed by atoms with Crippen LogP contribution in [0, 0.1) is 15.5 Å². The monoisotopic (exact) mass is 329 g/mol. The van der Waals surface area contributed by atoms with Crippen molar-refractivity contribution in [2.75, 3.05) is 19.7 Å². The Morgan fingerprint density at radius 2 is 2.25 bits per heavy atom. The number of benzene rings is 1. The van der Waals surface area contributed by atoms with E-state index in [1.54, 1.807) is 17.0 Å². The van der Waals surface area contributed by atoms with Crippen LogP contribution in [0.5, 0.6) is 0 Å². The third-order valence-corrected chi connectivity index (χ3v) is 4.62. The molecular formula is C17H19N3O4. The number of amides is 1. The van der Waals surface area contributed by atoms with Gasteiger partial charge < -0.3 is 10.0 Å². The molecule has 1 amide bonds. The minimum absolute atomic E-state index is 0.0238. The van der Waals surface area contributed by atoms with Gasteiger partial charge in [0, 0.05) is 30.8 Å². The molecule has 3 rings (SSSR count). The van der Waals surface area contributed by atoms with E-state index in [4.69, 9.17) is 0 Å². The lowest BCUT2D eigenvalue weighted by atomic mass is 9.82. The van der Waals surface area contributed by atoms with Gasteiger partial charge in [0.25, 0.3) is 11.6 Å². The zero-order valence-electron chi connectivity index (χ0n) is 13.4. The SMILES string of the molecule is CC1(CO)CCCN(C(=O)c2ccc([N+](=O)[O-])c3cccnc23)C1. The van der Waals surface area contributed by atoms with Crippen molar-refractivity contribution < 1.29 is 14.8 Å². The molecule has 0 bridgehead atoms. The second-order valence-corrected chi connectivity index (χ2v) is 6.59. The molecule has 1 unspecified atom stereocenters. The number of carbonyl (C=O) groups excluding carboxylic acids is 1. The molecule has 1 N–H and O–H groups in total. The molecule has 1 aliphatic heterocycles. The molecule has 2 aromatic rings. The van der Waals surface area contributed by atoms with Crippen molar-refractivity contribution in [2.45, 2.75) is 19.8 Å². The summed E-state index contributed by atoms with van der Waals surface area (Å²) in [5.41, 5.74) is 0.331. The lowest BCUT2D eigenvalue weighted by Crippen LogP contribution is -2.46. The summed E-state index contributed by atoms with van der Waals surface area (Å²) in [6.07, 6.45) is 3.21. The summed E-state index contributed by atoms with van der Waals surface area (Å²) in [7, 11) is 0. The highest BCUT2D eigenvalue weighted by molar-refractivity contribution is 6.07. The van der Waals surface area contributed by atoms with Crippen molar-refractivity contribution in [1.82, 2.24) is 9.88 Å². The van der Waals surface area contributed by atoms with Crippen LogP contribution in [0.15, 0.2) is 30.5 Å². The van der Waals surface area contributed by atoms with Crippen LogP contribution in [-0.4, -0.2) is 45.5 Å². The third kappa shape index (κ3) is 2.82. The minimum Gasteiger partial charge on any atom is -0.396 e. The highest BCUT2D eigenvalue weighted by Gasteiger charge is 2.33. The lowest BCUT2D eigenvalue weighted by Gasteiger charge is -2.39. The number of nitrogens with zero attached hydrogens (tertiary/aromatic N) is 3. The van der Waals surface area contributed by atoms with Gasteiger partial charge in [-0.1, -0.05) is 6.92 Å². The average molecular weight is 329 g/mol. The molecule has 1 fully saturated rings. The maximum Gasteiger partial charge on any atom is 0.278 e. The van der Waals surface area contributed by atoms with Gasteiger partial charge in [-0.05, 0) is 31.0 Å². The topological polar surface area (TPSA) is 96.6 Å². The molecule has 1 aromatic heterocycles. The first-order valence-electron chi connectivity index (χ1n) is 7.87. The number of non-ortho nitro benzene ring substituents is 1. The van der Waals surface area contributed by atoms with Crippen LogP contribution in [0.3, 0.4) is 0 Å². The molecule has 1 aliphatic rings. The van der Waals surface area contributed by atoms with Crippen molar-refractivity contribution in [3.8, 4) is 0 Å². The quantitative estimate of drug-likeness (QED) is 0.689. The van der Waals surface area contributed by atoms with E-state index in [1.807, 2.05) is 6.92 Å². The number of hydrogen-bond donors (Lipinski definition) is 1. The second kappa shape index (κ2) is 6.16. The second-order valence-electron chi connectivity index (χ2n) is 6.59.